The van der Waals surface area contributed by atoms with E-state index in [-0.39, 0.29) is 5.69 Å². The van der Waals surface area contributed by atoms with E-state index < -0.39 is 0 Å². The number of unbranched alkanes of at least 4 members (excludes halogenated alkanes) is 1. The SMILES string of the molecule is CCCCc1cn(C2CCCCC2)c(=O)[nH]1. The molecule has 1 aromatic rings. The second-order valence-corrected chi connectivity index (χ2v) is 4.89. The number of nitrogens with one attached hydrogen (secondary N) is 1. The predicted molar refractivity (Wildman–Crippen MR) is 65.8 cm³/mol. The molecule has 0 atom stereocenters. The maximum atomic E-state index is 11.8. The molecule has 16 heavy (non-hydrogen) atoms. The Hall–Kier alpha value is -0.990. The summed E-state index contributed by atoms with van der Waals surface area (Å²) < 4.78 is 1.93. The summed E-state index contributed by atoms with van der Waals surface area (Å²) in [5, 5.41) is 0. The van der Waals surface area contributed by atoms with E-state index in [1.807, 2.05) is 10.8 Å². The molecule has 0 unspecified atom stereocenters. The van der Waals surface area contributed by atoms with Gasteiger partial charge < -0.3 is 4.98 Å². The van der Waals surface area contributed by atoms with Crippen LogP contribution in [0, 0.1) is 0 Å². The molecule has 1 heterocycles. The Labute approximate surface area is 96.9 Å². The maximum absolute atomic E-state index is 11.8. The van der Waals surface area contributed by atoms with Crippen LogP contribution in [0.5, 0.6) is 0 Å². The van der Waals surface area contributed by atoms with Gasteiger partial charge in [0.15, 0.2) is 0 Å². The van der Waals surface area contributed by atoms with E-state index in [0.717, 1.165) is 18.5 Å². The summed E-state index contributed by atoms with van der Waals surface area (Å²) in [6.07, 6.45) is 11.6. The molecular formula is C13H22N2O. The van der Waals surface area contributed by atoms with Crippen LogP contribution in [-0.4, -0.2) is 9.55 Å². The third kappa shape index (κ3) is 2.57. The van der Waals surface area contributed by atoms with Gasteiger partial charge in [0.05, 0.1) is 0 Å². The molecule has 0 spiro atoms. The molecule has 90 valence electrons. The normalized spacial score (nSPS) is 17.8. The Morgan fingerprint density at radius 1 is 1.38 bits per heavy atom. The highest BCUT2D eigenvalue weighted by Crippen LogP contribution is 2.26. The van der Waals surface area contributed by atoms with E-state index in [1.165, 1.54) is 38.5 Å². The lowest BCUT2D eigenvalue weighted by molar-refractivity contribution is 0.347. The fourth-order valence-electron chi connectivity index (χ4n) is 2.59. The number of aromatic nitrogens is 2. The lowest BCUT2D eigenvalue weighted by atomic mass is 9.95. The van der Waals surface area contributed by atoms with Crippen LogP contribution in [0.4, 0.5) is 0 Å². The highest BCUT2D eigenvalue weighted by molar-refractivity contribution is 4.99. The van der Waals surface area contributed by atoms with Gasteiger partial charge in [0.2, 0.25) is 0 Å². The number of aromatic amines is 1. The summed E-state index contributed by atoms with van der Waals surface area (Å²) in [5.74, 6) is 0. The van der Waals surface area contributed by atoms with Gasteiger partial charge in [-0.25, -0.2) is 4.79 Å². The van der Waals surface area contributed by atoms with Gasteiger partial charge in [-0.3, -0.25) is 4.57 Å². The minimum Gasteiger partial charge on any atom is -0.310 e. The smallest absolute Gasteiger partial charge is 0.310 e. The summed E-state index contributed by atoms with van der Waals surface area (Å²) in [4.78, 5) is 14.8. The van der Waals surface area contributed by atoms with Gasteiger partial charge in [0, 0.05) is 17.9 Å². The van der Waals surface area contributed by atoms with Gasteiger partial charge in [-0.2, -0.15) is 0 Å². The summed E-state index contributed by atoms with van der Waals surface area (Å²) in [6.45, 7) is 2.18. The molecule has 1 saturated carbocycles. The molecule has 0 saturated heterocycles. The molecule has 0 aromatic carbocycles. The van der Waals surface area contributed by atoms with Crippen molar-refractivity contribution in [2.24, 2.45) is 0 Å². The minimum absolute atomic E-state index is 0.0954. The first-order valence-corrected chi connectivity index (χ1v) is 6.61. The molecule has 1 aromatic heterocycles. The van der Waals surface area contributed by atoms with Crippen LogP contribution in [0.15, 0.2) is 11.0 Å². The predicted octanol–water partition coefficient (Wildman–Crippen LogP) is 3.02. The van der Waals surface area contributed by atoms with Crippen LogP contribution in [0.3, 0.4) is 0 Å². The zero-order valence-electron chi connectivity index (χ0n) is 10.2. The van der Waals surface area contributed by atoms with Crippen molar-refractivity contribution in [2.75, 3.05) is 0 Å². The van der Waals surface area contributed by atoms with Gasteiger partial charge in [0.25, 0.3) is 0 Å². The van der Waals surface area contributed by atoms with E-state index in [4.69, 9.17) is 0 Å². The number of imidazole rings is 1. The molecule has 3 heteroatoms. The molecule has 0 bridgehead atoms. The van der Waals surface area contributed by atoms with Gasteiger partial charge >= 0.3 is 5.69 Å². The van der Waals surface area contributed by atoms with E-state index in [9.17, 15) is 4.79 Å². The number of nitrogens with zero attached hydrogens (tertiary/aromatic N) is 1. The number of hydrogen-bond donors (Lipinski definition) is 1. The lowest BCUT2D eigenvalue weighted by Gasteiger charge is -2.21. The van der Waals surface area contributed by atoms with Gasteiger partial charge in [-0.15, -0.1) is 0 Å². The van der Waals surface area contributed by atoms with Crippen molar-refractivity contribution in [1.82, 2.24) is 9.55 Å². The minimum atomic E-state index is 0.0954. The van der Waals surface area contributed by atoms with Crippen LogP contribution in [0.1, 0.15) is 63.6 Å². The third-order valence-corrected chi connectivity index (χ3v) is 3.56. The van der Waals surface area contributed by atoms with Crippen LogP contribution < -0.4 is 5.69 Å². The van der Waals surface area contributed by atoms with Crippen molar-refractivity contribution in [3.05, 3.63) is 22.4 Å². The first-order valence-electron chi connectivity index (χ1n) is 6.61. The van der Waals surface area contributed by atoms with Crippen LogP contribution in [0.25, 0.3) is 0 Å². The zero-order valence-corrected chi connectivity index (χ0v) is 10.2. The Kier molecular flexibility index (Phi) is 3.86. The highest BCUT2D eigenvalue weighted by atomic mass is 16.1. The number of aryl methyl sites for hydroxylation is 1. The quantitative estimate of drug-likeness (QED) is 0.835. The summed E-state index contributed by atoms with van der Waals surface area (Å²) in [6, 6.07) is 0.452. The second-order valence-electron chi connectivity index (χ2n) is 4.89. The topological polar surface area (TPSA) is 37.8 Å². The van der Waals surface area contributed by atoms with Crippen molar-refractivity contribution in [2.45, 2.75) is 64.3 Å². The fraction of sp³-hybridized carbons (Fsp3) is 0.769. The first kappa shape index (κ1) is 11.5. The standard InChI is InChI=1S/C13H22N2O/c1-2-3-7-11-10-15(13(16)14-11)12-8-5-4-6-9-12/h10,12H,2-9H2,1H3,(H,14,16). The Balaban J connectivity index is 2.08. The average molecular weight is 222 g/mol. The molecule has 0 amide bonds. The molecule has 1 aliphatic carbocycles. The van der Waals surface area contributed by atoms with Crippen molar-refractivity contribution in [1.29, 1.82) is 0 Å². The van der Waals surface area contributed by atoms with E-state index in [1.54, 1.807) is 0 Å². The zero-order chi connectivity index (χ0) is 11.4. The second kappa shape index (κ2) is 5.37. The summed E-state index contributed by atoms with van der Waals surface area (Å²) >= 11 is 0. The van der Waals surface area contributed by atoms with Crippen LogP contribution >= 0.6 is 0 Å². The highest BCUT2D eigenvalue weighted by Gasteiger charge is 2.17. The van der Waals surface area contributed by atoms with Crippen LogP contribution in [0.2, 0.25) is 0 Å². The molecular weight excluding hydrogens is 200 g/mol. The Morgan fingerprint density at radius 2 is 2.12 bits per heavy atom. The molecule has 1 aliphatic rings. The molecule has 0 aliphatic heterocycles. The number of hydrogen-bond acceptors (Lipinski definition) is 1. The third-order valence-electron chi connectivity index (χ3n) is 3.56. The monoisotopic (exact) mass is 222 g/mol. The largest absolute Gasteiger partial charge is 0.325 e. The molecule has 3 nitrogen and oxygen atoms in total. The average Bonchev–Trinajstić information content (AvgIpc) is 2.69. The molecule has 2 rings (SSSR count). The van der Waals surface area contributed by atoms with E-state index >= 15 is 0 Å². The van der Waals surface area contributed by atoms with Crippen molar-refractivity contribution >= 4 is 0 Å². The fourth-order valence-corrected chi connectivity index (χ4v) is 2.59. The summed E-state index contributed by atoms with van der Waals surface area (Å²) in [5.41, 5.74) is 1.20. The van der Waals surface area contributed by atoms with E-state index in [0.29, 0.717) is 6.04 Å². The van der Waals surface area contributed by atoms with Gasteiger partial charge in [-0.05, 0) is 25.7 Å². The first-order chi connectivity index (χ1) is 7.81. The maximum Gasteiger partial charge on any atom is 0.325 e. The molecule has 1 N–H and O–H groups in total. The lowest BCUT2D eigenvalue weighted by Crippen LogP contribution is -2.23. The number of rotatable bonds is 4. The van der Waals surface area contributed by atoms with Gasteiger partial charge in [-0.1, -0.05) is 32.6 Å². The molecule has 1 fully saturated rings. The van der Waals surface area contributed by atoms with Gasteiger partial charge in [0.1, 0.15) is 0 Å². The van der Waals surface area contributed by atoms with Crippen molar-refractivity contribution < 1.29 is 0 Å². The molecule has 0 radical (unpaired) electrons. The van der Waals surface area contributed by atoms with E-state index in [2.05, 4.69) is 11.9 Å². The van der Waals surface area contributed by atoms with Crippen molar-refractivity contribution in [3.63, 3.8) is 0 Å². The van der Waals surface area contributed by atoms with Crippen LogP contribution in [-0.2, 0) is 6.42 Å². The Morgan fingerprint density at radius 3 is 2.81 bits per heavy atom. The summed E-state index contributed by atoms with van der Waals surface area (Å²) in [7, 11) is 0. The Bertz CT molecular complexity index is 372. The van der Waals surface area contributed by atoms with Crippen molar-refractivity contribution in [3.8, 4) is 0 Å². The number of H-pyrrole nitrogens is 1.